The second-order valence-corrected chi connectivity index (χ2v) is 5.71. The van der Waals surface area contributed by atoms with E-state index in [1.165, 1.54) is 0 Å². The number of rotatable bonds is 2. The first kappa shape index (κ1) is 14.3. The van der Waals surface area contributed by atoms with Crippen molar-refractivity contribution in [3.05, 3.63) is 54.3 Å². The lowest BCUT2D eigenvalue weighted by atomic mass is 9.91. The summed E-state index contributed by atoms with van der Waals surface area (Å²) in [5, 5.41) is 2.90. The minimum Gasteiger partial charge on any atom is -0.324 e. The fourth-order valence-corrected chi connectivity index (χ4v) is 2.67. The zero-order chi connectivity index (χ0) is 15.7. The van der Waals surface area contributed by atoms with Gasteiger partial charge in [0.25, 0.3) is 11.8 Å². The Morgan fingerprint density at radius 1 is 1.36 bits per heavy atom. The summed E-state index contributed by atoms with van der Waals surface area (Å²) in [6.45, 7) is 3.72. The van der Waals surface area contributed by atoms with Crippen molar-refractivity contribution < 1.29 is 9.59 Å². The van der Waals surface area contributed by atoms with Crippen molar-refractivity contribution in [1.29, 1.82) is 0 Å². The van der Waals surface area contributed by atoms with E-state index in [0.29, 0.717) is 5.84 Å². The van der Waals surface area contributed by atoms with Gasteiger partial charge in [0.1, 0.15) is 11.4 Å². The Morgan fingerprint density at radius 3 is 2.95 bits per heavy atom. The monoisotopic (exact) mass is 295 g/mol. The molecule has 1 atom stereocenters. The zero-order valence-corrected chi connectivity index (χ0v) is 12.5. The van der Waals surface area contributed by atoms with E-state index in [-0.39, 0.29) is 18.2 Å². The van der Waals surface area contributed by atoms with Gasteiger partial charge >= 0.3 is 0 Å². The number of allylic oxidation sites excluding steroid dienone is 2. The van der Waals surface area contributed by atoms with Gasteiger partial charge in [-0.1, -0.05) is 18.2 Å². The third-order valence-electron chi connectivity index (χ3n) is 3.87. The number of nitrogens with one attached hydrogen (secondary N) is 1. The molecule has 5 nitrogen and oxygen atoms in total. The quantitative estimate of drug-likeness (QED) is 0.911. The summed E-state index contributed by atoms with van der Waals surface area (Å²) < 4.78 is 0. The molecule has 0 aliphatic carbocycles. The van der Waals surface area contributed by atoms with E-state index >= 15 is 0 Å². The van der Waals surface area contributed by atoms with Gasteiger partial charge in [0, 0.05) is 11.9 Å². The van der Waals surface area contributed by atoms with Crippen molar-refractivity contribution in [1.82, 2.24) is 4.90 Å². The minimum absolute atomic E-state index is 0.0479. The second-order valence-electron chi connectivity index (χ2n) is 5.71. The highest BCUT2D eigenvalue weighted by atomic mass is 16.2. The molecule has 0 aromatic heterocycles. The van der Waals surface area contributed by atoms with Gasteiger partial charge in [-0.25, -0.2) is 0 Å². The first-order valence-corrected chi connectivity index (χ1v) is 7.13. The van der Waals surface area contributed by atoms with E-state index in [9.17, 15) is 9.59 Å². The van der Waals surface area contributed by atoms with Crippen LogP contribution in [0.25, 0.3) is 0 Å². The van der Waals surface area contributed by atoms with Gasteiger partial charge < -0.3 is 10.2 Å². The van der Waals surface area contributed by atoms with Crippen molar-refractivity contribution >= 4 is 23.3 Å². The summed E-state index contributed by atoms with van der Waals surface area (Å²) in [5.74, 6) is -0.00691. The largest absolute Gasteiger partial charge is 0.324 e. The molecule has 0 saturated carbocycles. The van der Waals surface area contributed by atoms with Crippen LogP contribution in [-0.4, -0.2) is 28.1 Å². The van der Waals surface area contributed by atoms with Crippen LogP contribution in [0.5, 0.6) is 0 Å². The average Bonchev–Trinajstić information content (AvgIpc) is 2.47. The number of carbonyl (C=O) groups is 2. The molecule has 22 heavy (non-hydrogen) atoms. The number of aliphatic imine (C=N–C) groups is 1. The first-order valence-electron chi connectivity index (χ1n) is 7.13. The molecular weight excluding hydrogens is 278 g/mol. The molecule has 0 radical (unpaired) electrons. The smallest absolute Gasteiger partial charge is 0.250 e. The summed E-state index contributed by atoms with van der Waals surface area (Å²) in [5.41, 5.74) is 0.795. The number of benzene rings is 1. The van der Waals surface area contributed by atoms with E-state index in [2.05, 4.69) is 10.3 Å². The molecule has 2 aliphatic heterocycles. The normalized spacial score (nSPS) is 23.1. The van der Waals surface area contributed by atoms with Crippen LogP contribution in [0.4, 0.5) is 5.69 Å². The van der Waals surface area contributed by atoms with Crippen LogP contribution in [-0.2, 0) is 9.59 Å². The molecule has 1 unspecified atom stereocenters. The standard InChI is InChI=1S/C17H17N3O2/c1-12-6-5-7-13(10-12)18-16(22)17(2)11-15(21)19-14-8-3-4-9-20(14)17/h3-10H,11H2,1-2H3,(H,18,22). The Labute approximate surface area is 129 Å². The van der Waals surface area contributed by atoms with Crippen molar-refractivity contribution in [2.45, 2.75) is 25.8 Å². The number of aryl methyl sites for hydroxylation is 1. The van der Waals surface area contributed by atoms with Crippen molar-refractivity contribution in [2.75, 3.05) is 5.32 Å². The van der Waals surface area contributed by atoms with Gasteiger partial charge in [-0.2, -0.15) is 4.99 Å². The van der Waals surface area contributed by atoms with E-state index in [1.54, 1.807) is 30.2 Å². The number of nitrogens with zero attached hydrogens (tertiary/aromatic N) is 2. The number of amides is 2. The predicted octanol–water partition coefficient (Wildman–Crippen LogP) is 2.41. The molecule has 0 spiro atoms. The van der Waals surface area contributed by atoms with E-state index < -0.39 is 5.54 Å². The number of carbonyl (C=O) groups excluding carboxylic acids is 2. The molecule has 2 amide bonds. The molecule has 1 aromatic carbocycles. The number of hydrogen-bond acceptors (Lipinski definition) is 3. The Hall–Kier alpha value is -2.69. The Balaban J connectivity index is 1.90. The van der Waals surface area contributed by atoms with Gasteiger partial charge in [0.05, 0.1) is 6.42 Å². The summed E-state index contributed by atoms with van der Waals surface area (Å²) >= 11 is 0. The maximum Gasteiger partial charge on any atom is 0.250 e. The van der Waals surface area contributed by atoms with E-state index in [0.717, 1.165) is 11.3 Å². The predicted molar refractivity (Wildman–Crippen MR) is 85.4 cm³/mol. The van der Waals surface area contributed by atoms with Crippen LogP contribution in [0.3, 0.4) is 0 Å². The maximum atomic E-state index is 12.8. The maximum absolute atomic E-state index is 12.8. The van der Waals surface area contributed by atoms with Gasteiger partial charge in [-0.15, -0.1) is 0 Å². The van der Waals surface area contributed by atoms with Gasteiger partial charge in [0.15, 0.2) is 0 Å². The highest BCUT2D eigenvalue weighted by Gasteiger charge is 2.45. The van der Waals surface area contributed by atoms with Crippen LogP contribution in [0, 0.1) is 6.92 Å². The molecule has 0 saturated heterocycles. The topological polar surface area (TPSA) is 61.8 Å². The van der Waals surface area contributed by atoms with E-state index in [1.807, 2.05) is 37.3 Å². The number of hydrogen-bond donors (Lipinski definition) is 1. The Morgan fingerprint density at radius 2 is 2.18 bits per heavy atom. The molecule has 2 heterocycles. The summed E-state index contributed by atoms with van der Waals surface area (Å²) in [4.78, 5) is 30.4. The molecule has 0 fully saturated rings. The third kappa shape index (κ3) is 2.45. The molecular formula is C17H17N3O2. The fourth-order valence-electron chi connectivity index (χ4n) is 2.67. The lowest BCUT2D eigenvalue weighted by molar-refractivity contribution is -0.130. The molecule has 3 rings (SSSR count). The van der Waals surface area contributed by atoms with Crippen LogP contribution in [0.15, 0.2) is 53.7 Å². The molecule has 5 heteroatoms. The SMILES string of the molecule is Cc1cccc(NC(=O)C2(C)CC(=O)N=C3C=CC=CN32)c1. The van der Waals surface area contributed by atoms with Crippen molar-refractivity contribution in [3.8, 4) is 0 Å². The lowest BCUT2D eigenvalue weighted by Gasteiger charge is -2.41. The van der Waals surface area contributed by atoms with Gasteiger partial charge in [0.2, 0.25) is 0 Å². The average molecular weight is 295 g/mol. The molecule has 1 aromatic rings. The van der Waals surface area contributed by atoms with Crippen LogP contribution in [0.2, 0.25) is 0 Å². The molecule has 1 N–H and O–H groups in total. The molecule has 112 valence electrons. The Bertz CT molecular complexity index is 733. The van der Waals surface area contributed by atoms with Crippen molar-refractivity contribution in [2.24, 2.45) is 4.99 Å². The van der Waals surface area contributed by atoms with Crippen LogP contribution in [0.1, 0.15) is 18.9 Å². The molecule has 0 bridgehead atoms. The van der Waals surface area contributed by atoms with Crippen molar-refractivity contribution in [3.63, 3.8) is 0 Å². The van der Waals surface area contributed by atoms with Gasteiger partial charge in [-0.3, -0.25) is 9.59 Å². The first-order chi connectivity index (χ1) is 10.5. The fraction of sp³-hybridized carbons (Fsp3) is 0.235. The molecule has 2 aliphatic rings. The summed E-state index contributed by atoms with van der Waals surface area (Å²) in [6, 6.07) is 7.58. The number of anilines is 1. The van der Waals surface area contributed by atoms with E-state index in [4.69, 9.17) is 0 Å². The summed E-state index contributed by atoms with van der Waals surface area (Å²) in [6.07, 6.45) is 7.18. The second kappa shape index (κ2) is 5.26. The number of amidine groups is 1. The Kier molecular flexibility index (Phi) is 3.41. The highest BCUT2D eigenvalue weighted by Crippen LogP contribution is 2.29. The number of fused-ring (bicyclic) bond motifs is 1. The van der Waals surface area contributed by atoms with Crippen LogP contribution < -0.4 is 5.32 Å². The minimum atomic E-state index is -0.987. The zero-order valence-electron chi connectivity index (χ0n) is 12.5. The van der Waals surface area contributed by atoms with Crippen LogP contribution >= 0.6 is 0 Å². The third-order valence-corrected chi connectivity index (χ3v) is 3.87. The summed E-state index contributed by atoms with van der Waals surface area (Å²) in [7, 11) is 0. The van der Waals surface area contributed by atoms with Gasteiger partial charge in [-0.05, 0) is 43.7 Å². The highest BCUT2D eigenvalue weighted by molar-refractivity contribution is 6.11. The lowest BCUT2D eigenvalue weighted by Crippen LogP contribution is -2.58.